The summed E-state index contributed by atoms with van der Waals surface area (Å²) in [6.45, 7) is 0. The molecule has 2 heterocycles. The van der Waals surface area contributed by atoms with E-state index >= 15 is 0 Å². The van der Waals surface area contributed by atoms with Crippen molar-refractivity contribution in [2.45, 2.75) is 6.42 Å². The third kappa shape index (κ3) is 2.97. The molecule has 0 atom stereocenters. The number of anilines is 1. The van der Waals surface area contributed by atoms with Gasteiger partial charge in [-0.05, 0) is 47.5 Å². The first-order valence-corrected chi connectivity index (χ1v) is 7.57. The van der Waals surface area contributed by atoms with Crippen LogP contribution in [0, 0.1) is 11.6 Å². The fourth-order valence-electron chi connectivity index (χ4n) is 2.58. The fourth-order valence-corrected chi connectivity index (χ4v) is 2.76. The Labute approximate surface area is 142 Å². The summed E-state index contributed by atoms with van der Waals surface area (Å²) in [6.07, 6.45) is 0.323. The highest BCUT2D eigenvalue weighted by molar-refractivity contribution is 6.29. The molecule has 0 spiro atoms. The lowest BCUT2D eigenvalue weighted by atomic mass is 10.2. The molecule has 0 bridgehead atoms. The van der Waals surface area contributed by atoms with Gasteiger partial charge in [0.1, 0.15) is 11.6 Å². The Kier molecular flexibility index (Phi) is 4.24. The second-order valence-corrected chi connectivity index (χ2v) is 5.81. The lowest BCUT2D eigenvalue weighted by Gasteiger charge is -2.08. The molecule has 1 aliphatic rings. The van der Waals surface area contributed by atoms with Gasteiger partial charge in [-0.15, -0.1) is 0 Å². The Hall–Kier alpha value is -2.47. The number of benzene rings is 2. The Morgan fingerprint density at radius 3 is 2.50 bits per heavy atom. The zero-order valence-corrected chi connectivity index (χ0v) is 13.8. The quantitative estimate of drug-likeness (QED) is 0.620. The zero-order valence-electron chi connectivity index (χ0n) is 13.1. The van der Waals surface area contributed by atoms with E-state index in [1.165, 1.54) is 24.3 Å². The maximum absolute atomic E-state index is 12.7. The van der Waals surface area contributed by atoms with E-state index in [1.807, 2.05) is 0 Å². The van der Waals surface area contributed by atoms with Crippen LogP contribution in [0.3, 0.4) is 0 Å². The highest BCUT2D eigenvalue weighted by Gasteiger charge is 2.23. The van der Waals surface area contributed by atoms with Gasteiger partial charge in [0.2, 0.25) is 11.2 Å². The number of hydrogen-bond acceptors (Lipinski definition) is 2. The van der Waals surface area contributed by atoms with Crippen LogP contribution in [-0.4, -0.2) is 22.5 Å². The molecule has 0 saturated carbocycles. The Balaban J connectivity index is 0.000000141. The van der Waals surface area contributed by atoms with Crippen LogP contribution in [0.15, 0.2) is 36.4 Å². The van der Waals surface area contributed by atoms with Crippen molar-refractivity contribution in [3.05, 3.63) is 58.9 Å². The van der Waals surface area contributed by atoms with Crippen molar-refractivity contribution in [2.24, 2.45) is 7.05 Å². The van der Waals surface area contributed by atoms with Gasteiger partial charge in [0.15, 0.2) is 0 Å². The number of halogens is 3. The lowest BCUT2D eigenvalue weighted by Crippen LogP contribution is -2.20. The summed E-state index contributed by atoms with van der Waals surface area (Å²) in [5, 5.41) is 0.371. The molecule has 1 aliphatic heterocycles. The number of fused-ring (bicyclic) bond motifs is 2. The number of rotatable bonds is 0. The molecule has 4 nitrogen and oxygen atoms in total. The topological polar surface area (TPSA) is 38.1 Å². The monoisotopic (exact) mass is 349 g/mol. The van der Waals surface area contributed by atoms with Crippen molar-refractivity contribution in [2.75, 3.05) is 11.9 Å². The van der Waals surface area contributed by atoms with Gasteiger partial charge in [-0.25, -0.2) is 13.8 Å². The average Bonchev–Trinajstić information content (AvgIpc) is 2.96. The van der Waals surface area contributed by atoms with Crippen LogP contribution in [0.1, 0.15) is 5.56 Å². The number of amides is 1. The SMILES string of the molecule is CN1C(=O)Cc2cc(F)ccc21.Cn1c(Cl)nc2cc(F)ccc21. The van der Waals surface area contributed by atoms with Crippen molar-refractivity contribution in [1.29, 1.82) is 0 Å². The first kappa shape index (κ1) is 16.4. The Morgan fingerprint density at radius 1 is 1.08 bits per heavy atom. The van der Waals surface area contributed by atoms with Crippen molar-refractivity contribution in [1.82, 2.24) is 9.55 Å². The molecule has 0 unspecified atom stereocenters. The molecule has 0 radical (unpaired) electrons. The largest absolute Gasteiger partial charge is 0.318 e. The second-order valence-electron chi connectivity index (χ2n) is 5.48. The van der Waals surface area contributed by atoms with Crippen LogP contribution in [-0.2, 0) is 18.3 Å². The first-order chi connectivity index (χ1) is 11.4. The number of carbonyl (C=O) groups is 1. The van der Waals surface area contributed by atoms with Gasteiger partial charge in [0.05, 0.1) is 17.5 Å². The molecule has 0 fully saturated rings. The van der Waals surface area contributed by atoms with Crippen LogP contribution < -0.4 is 4.90 Å². The van der Waals surface area contributed by atoms with E-state index in [2.05, 4.69) is 4.98 Å². The van der Waals surface area contributed by atoms with Gasteiger partial charge < -0.3 is 9.47 Å². The van der Waals surface area contributed by atoms with Gasteiger partial charge in [0, 0.05) is 25.8 Å². The Bertz CT molecular complexity index is 939. The van der Waals surface area contributed by atoms with Gasteiger partial charge in [0.25, 0.3) is 0 Å². The number of aromatic nitrogens is 2. The molecule has 1 amide bonds. The van der Waals surface area contributed by atoms with Crippen LogP contribution in [0.25, 0.3) is 11.0 Å². The van der Waals surface area contributed by atoms with E-state index in [0.717, 1.165) is 16.8 Å². The molecule has 2 aromatic carbocycles. The number of hydrogen-bond donors (Lipinski definition) is 0. The zero-order chi connectivity index (χ0) is 17.4. The smallest absolute Gasteiger partial charge is 0.231 e. The molecule has 1 aromatic heterocycles. The van der Waals surface area contributed by atoms with Gasteiger partial charge in [-0.2, -0.15) is 0 Å². The van der Waals surface area contributed by atoms with Crippen LogP contribution in [0.2, 0.25) is 5.28 Å². The predicted octanol–water partition coefficient (Wildman–Crippen LogP) is 3.71. The molecule has 0 N–H and O–H groups in total. The van der Waals surface area contributed by atoms with Gasteiger partial charge in [-0.3, -0.25) is 4.79 Å². The standard InChI is InChI=1S/C9H8FNO.C8H6ClFN2/c1-11-8-3-2-7(10)4-6(8)5-9(11)12;1-12-7-3-2-5(10)4-6(7)11-8(12)9/h2-4H,5H2,1H3;2-4H,1H3. The number of imidazole rings is 1. The van der Waals surface area contributed by atoms with Crippen molar-refractivity contribution in [3.8, 4) is 0 Å². The normalized spacial score (nSPS) is 13.0. The molecule has 0 aliphatic carbocycles. The summed E-state index contributed by atoms with van der Waals surface area (Å²) >= 11 is 5.73. The first-order valence-electron chi connectivity index (χ1n) is 7.19. The molecule has 3 aromatic rings. The minimum Gasteiger partial charge on any atom is -0.318 e. The van der Waals surface area contributed by atoms with E-state index in [0.29, 0.717) is 17.2 Å². The minimum atomic E-state index is -0.294. The molecule has 7 heteroatoms. The summed E-state index contributed by atoms with van der Waals surface area (Å²) in [7, 11) is 3.49. The maximum atomic E-state index is 12.7. The molecule has 24 heavy (non-hydrogen) atoms. The molecule has 0 saturated heterocycles. The summed E-state index contributed by atoms with van der Waals surface area (Å²) < 4.78 is 27.1. The maximum Gasteiger partial charge on any atom is 0.231 e. The lowest BCUT2D eigenvalue weighted by molar-refractivity contribution is -0.117. The van der Waals surface area contributed by atoms with E-state index in [4.69, 9.17) is 11.6 Å². The van der Waals surface area contributed by atoms with Crippen molar-refractivity contribution < 1.29 is 13.6 Å². The summed E-state index contributed by atoms with van der Waals surface area (Å²) in [6, 6.07) is 8.82. The number of aryl methyl sites for hydroxylation is 1. The number of nitrogens with zero attached hydrogens (tertiary/aromatic N) is 3. The highest BCUT2D eigenvalue weighted by atomic mass is 35.5. The number of carbonyl (C=O) groups excluding carboxylic acids is 1. The van der Waals surface area contributed by atoms with E-state index < -0.39 is 0 Å². The summed E-state index contributed by atoms with van der Waals surface area (Å²) in [5.41, 5.74) is 3.02. The van der Waals surface area contributed by atoms with Gasteiger partial charge in [-0.1, -0.05) is 0 Å². The van der Waals surface area contributed by atoms with Crippen LogP contribution in [0.4, 0.5) is 14.5 Å². The predicted molar refractivity (Wildman–Crippen MR) is 89.2 cm³/mol. The molecule has 4 rings (SSSR count). The van der Waals surface area contributed by atoms with E-state index in [9.17, 15) is 13.6 Å². The summed E-state index contributed by atoms with van der Waals surface area (Å²) in [4.78, 5) is 16.7. The third-order valence-corrected chi connectivity index (χ3v) is 4.25. The average molecular weight is 350 g/mol. The third-order valence-electron chi connectivity index (χ3n) is 3.91. The van der Waals surface area contributed by atoms with E-state index in [1.54, 1.807) is 35.7 Å². The Morgan fingerprint density at radius 2 is 1.75 bits per heavy atom. The van der Waals surface area contributed by atoms with Crippen molar-refractivity contribution >= 4 is 34.2 Å². The molecular formula is C17H14ClF2N3O. The highest BCUT2D eigenvalue weighted by Crippen LogP contribution is 2.27. The van der Waals surface area contributed by atoms with Crippen LogP contribution in [0.5, 0.6) is 0 Å². The molecule has 124 valence electrons. The summed E-state index contributed by atoms with van der Waals surface area (Å²) in [5.74, 6) is -0.551. The molecular weight excluding hydrogens is 336 g/mol. The van der Waals surface area contributed by atoms with Gasteiger partial charge >= 0.3 is 0 Å². The fraction of sp³-hybridized carbons (Fsp3) is 0.176. The van der Waals surface area contributed by atoms with Crippen LogP contribution >= 0.6 is 11.6 Å². The van der Waals surface area contributed by atoms with Crippen molar-refractivity contribution in [3.63, 3.8) is 0 Å². The van der Waals surface area contributed by atoms with E-state index in [-0.39, 0.29) is 17.5 Å². The second kappa shape index (κ2) is 6.20. The minimum absolute atomic E-state index is 0.0237. The number of likely N-dealkylation sites (N-methyl/N-ethyl adjacent to an activating group) is 1.